The third-order valence-electron chi connectivity index (χ3n) is 11.9. The third kappa shape index (κ3) is 4.92. The minimum absolute atomic E-state index is 0.469. The second-order valence-corrected chi connectivity index (χ2v) is 16.2. The van der Waals surface area contributed by atoms with Crippen molar-refractivity contribution in [1.82, 2.24) is 15.0 Å². The van der Waals surface area contributed by atoms with Gasteiger partial charge in [-0.2, -0.15) is 0 Å². The number of pyridine rings is 1. The molecule has 8 aromatic carbocycles. The number of fused-ring (bicyclic) bond motifs is 12. The number of hydrogen-bond donors (Lipinski definition) is 0. The van der Waals surface area contributed by atoms with Crippen LogP contribution in [0.4, 0.5) is 0 Å². The van der Waals surface area contributed by atoms with Gasteiger partial charge in [-0.25, -0.2) is 15.0 Å². The van der Waals surface area contributed by atoms with Gasteiger partial charge in [-0.15, -0.1) is 0 Å². The van der Waals surface area contributed by atoms with Gasteiger partial charge < -0.3 is 0 Å². The molecule has 1 aliphatic carbocycles. The maximum atomic E-state index is 5.52. The summed E-state index contributed by atoms with van der Waals surface area (Å²) in [6.07, 6.45) is 0. The largest absolute Gasteiger partial charge is 0.247 e. The number of rotatable bonds is 4. The first-order valence-electron chi connectivity index (χ1n) is 19.7. The number of benzene rings is 8. The van der Waals surface area contributed by atoms with Crippen molar-refractivity contribution in [3.8, 4) is 56.3 Å². The van der Waals surface area contributed by atoms with Crippen molar-refractivity contribution in [2.45, 2.75) is 15.2 Å². The fraction of sp³-hybridized carbons (Fsp3) is 0.0185. The molecule has 270 valence electrons. The van der Waals surface area contributed by atoms with Crippen LogP contribution in [0.1, 0.15) is 22.3 Å². The van der Waals surface area contributed by atoms with E-state index in [2.05, 4.69) is 176 Å². The van der Waals surface area contributed by atoms with Gasteiger partial charge in [0.05, 0.1) is 28.0 Å². The van der Waals surface area contributed by atoms with Crippen molar-refractivity contribution in [2.75, 3.05) is 0 Å². The molecule has 3 heterocycles. The number of aromatic nitrogens is 3. The van der Waals surface area contributed by atoms with Crippen molar-refractivity contribution in [2.24, 2.45) is 0 Å². The first kappa shape index (κ1) is 33.0. The van der Waals surface area contributed by atoms with Crippen molar-refractivity contribution in [3.05, 3.63) is 222 Å². The van der Waals surface area contributed by atoms with Crippen LogP contribution >= 0.6 is 11.8 Å². The zero-order chi connectivity index (χ0) is 38.2. The van der Waals surface area contributed by atoms with Gasteiger partial charge in [-0.1, -0.05) is 182 Å². The van der Waals surface area contributed by atoms with Crippen LogP contribution in [0, 0.1) is 0 Å². The van der Waals surface area contributed by atoms with E-state index in [1.807, 2.05) is 36.0 Å². The Labute approximate surface area is 340 Å². The van der Waals surface area contributed by atoms with E-state index >= 15 is 0 Å². The summed E-state index contributed by atoms with van der Waals surface area (Å²) < 4.78 is 0. The van der Waals surface area contributed by atoms with Gasteiger partial charge in [-0.3, -0.25) is 0 Å². The van der Waals surface area contributed by atoms with Crippen LogP contribution in [0.3, 0.4) is 0 Å². The Hall–Kier alpha value is -7.14. The van der Waals surface area contributed by atoms with Crippen molar-refractivity contribution >= 4 is 33.4 Å². The minimum Gasteiger partial charge on any atom is -0.247 e. The first-order chi connectivity index (χ1) is 28.7. The second-order valence-electron chi connectivity index (χ2n) is 15.1. The molecule has 4 heteroatoms. The van der Waals surface area contributed by atoms with Gasteiger partial charge in [-0.05, 0) is 69.1 Å². The third-order valence-corrected chi connectivity index (χ3v) is 13.1. The molecule has 1 spiro atoms. The molecule has 0 amide bonds. The molecule has 0 fully saturated rings. The van der Waals surface area contributed by atoms with Gasteiger partial charge in [0, 0.05) is 42.8 Å². The summed E-state index contributed by atoms with van der Waals surface area (Å²) in [6, 6.07) is 71.9. The van der Waals surface area contributed by atoms with E-state index in [1.54, 1.807) is 0 Å². The standard InChI is InChI=1S/C54H33N3S/c1-4-16-34(17-5-1)47-33-48(57-53(56-47)36-20-8-3-9-21-36)37-28-29-40-41-31-46-51(32-42(41)52(55-49(40)30-37)35-18-6-2-7-19-35)58-50-27-15-14-26-45(50)54(46)43-24-12-10-22-38(43)39-23-11-13-25-44(39)54/h1-33H. The van der Waals surface area contributed by atoms with Crippen molar-refractivity contribution in [3.63, 3.8) is 0 Å². The van der Waals surface area contributed by atoms with E-state index in [4.69, 9.17) is 15.0 Å². The molecule has 58 heavy (non-hydrogen) atoms. The Bertz CT molecular complexity index is 3150. The highest BCUT2D eigenvalue weighted by Gasteiger charge is 2.50. The fourth-order valence-electron chi connectivity index (χ4n) is 9.40. The quantitative estimate of drug-likeness (QED) is 0.168. The van der Waals surface area contributed by atoms with Crippen molar-refractivity contribution in [1.29, 1.82) is 0 Å². The lowest BCUT2D eigenvalue weighted by Crippen LogP contribution is -2.32. The number of hydrogen-bond acceptors (Lipinski definition) is 4. The molecular weight excluding hydrogens is 723 g/mol. The molecule has 3 nitrogen and oxygen atoms in total. The molecule has 1 aliphatic heterocycles. The summed E-state index contributed by atoms with van der Waals surface area (Å²) in [5.74, 6) is 0.695. The van der Waals surface area contributed by atoms with Crippen LogP contribution in [-0.4, -0.2) is 15.0 Å². The molecular formula is C54H33N3S. The van der Waals surface area contributed by atoms with Crippen LogP contribution in [-0.2, 0) is 5.41 Å². The lowest BCUT2D eigenvalue weighted by Gasteiger charge is -2.40. The molecule has 12 rings (SSSR count). The van der Waals surface area contributed by atoms with E-state index in [0.29, 0.717) is 5.82 Å². The van der Waals surface area contributed by atoms with Crippen LogP contribution in [0.5, 0.6) is 0 Å². The summed E-state index contributed by atoms with van der Waals surface area (Å²) in [6.45, 7) is 0. The zero-order valence-corrected chi connectivity index (χ0v) is 32.1. The SMILES string of the molecule is c1ccc(-c2cc(-c3ccc4c(c3)nc(-c3ccccc3)c3cc5c(cc34)C3(c4ccccc4S5)c4ccccc4-c4ccccc43)nc(-c3ccccc3)n2)cc1. The van der Waals surface area contributed by atoms with Gasteiger partial charge in [0.2, 0.25) is 0 Å². The first-order valence-corrected chi connectivity index (χ1v) is 20.5. The van der Waals surface area contributed by atoms with Gasteiger partial charge in [0.15, 0.2) is 5.82 Å². The average Bonchev–Trinajstić information content (AvgIpc) is 3.59. The maximum absolute atomic E-state index is 5.52. The molecule has 0 bridgehead atoms. The summed E-state index contributed by atoms with van der Waals surface area (Å²) in [4.78, 5) is 18.3. The van der Waals surface area contributed by atoms with E-state index in [0.717, 1.165) is 55.6 Å². The zero-order valence-electron chi connectivity index (χ0n) is 31.3. The summed E-state index contributed by atoms with van der Waals surface area (Å²) >= 11 is 1.87. The minimum atomic E-state index is -0.469. The topological polar surface area (TPSA) is 38.7 Å². The second kappa shape index (κ2) is 13.0. The predicted molar refractivity (Wildman–Crippen MR) is 238 cm³/mol. The number of nitrogens with zero attached hydrogens (tertiary/aromatic N) is 3. The van der Waals surface area contributed by atoms with E-state index in [-0.39, 0.29) is 0 Å². The molecule has 2 aliphatic rings. The average molecular weight is 756 g/mol. The van der Waals surface area contributed by atoms with E-state index in [1.165, 1.54) is 48.6 Å². The van der Waals surface area contributed by atoms with Gasteiger partial charge in [0.25, 0.3) is 0 Å². The van der Waals surface area contributed by atoms with Crippen LogP contribution in [0.25, 0.3) is 78.0 Å². The predicted octanol–water partition coefficient (Wildman–Crippen LogP) is 13.7. The Morgan fingerprint density at radius 1 is 0.345 bits per heavy atom. The molecule has 0 radical (unpaired) electrons. The van der Waals surface area contributed by atoms with Crippen LogP contribution in [0.15, 0.2) is 210 Å². The lowest BCUT2D eigenvalue weighted by molar-refractivity contribution is 0.724. The summed E-state index contributed by atoms with van der Waals surface area (Å²) in [5.41, 5.74) is 15.2. The Morgan fingerprint density at radius 3 is 1.60 bits per heavy atom. The van der Waals surface area contributed by atoms with Crippen LogP contribution in [0.2, 0.25) is 0 Å². The Morgan fingerprint density at radius 2 is 0.914 bits per heavy atom. The Kier molecular flexibility index (Phi) is 7.38. The Balaban J connectivity index is 1.14. The highest BCUT2D eigenvalue weighted by molar-refractivity contribution is 7.99. The van der Waals surface area contributed by atoms with Gasteiger partial charge >= 0.3 is 0 Å². The fourth-order valence-corrected chi connectivity index (χ4v) is 10.6. The monoisotopic (exact) mass is 755 g/mol. The molecule has 0 N–H and O–H groups in total. The molecule has 0 saturated carbocycles. The highest BCUT2D eigenvalue weighted by atomic mass is 32.2. The highest BCUT2D eigenvalue weighted by Crippen LogP contribution is 2.62. The molecule has 0 saturated heterocycles. The van der Waals surface area contributed by atoms with Gasteiger partial charge in [0.1, 0.15) is 0 Å². The van der Waals surface area contributed by atoms with Crippen LogP contribution < -0.4 is 0 Å². The molecule has 2 aromatic heterocycles. The lowest BCUT2D eigenvalue weighted by atomic mass is 9.67. The summed E-state index contributed by atoms with van der Waals surface area (Å²) in [7, 11) is 0. The molecule has 0 unspecified atom stereocenters. The van der Waals surface area contributed by atoms with E-state index in [9.17, 15) is 0 Å². The molecule has 10 aromatic rings. The molecule has 0 atom stereocenters. The smallest absolute Gasteiger partial charge is 0.160 e. The summed E-state index contributed by atoms with van der Waals surface area (Å²) in [5, 5.41) is 3.44. The normalized spacial score (nSPS) is 13.2. The van der Waals surface area contributed by atoms with Crippen molar-refractivity contribution < 1.29 is 0 Å². The van der Waals surface area contributed by atoms with E-state index < -0.39 is 5.41 Å². The maximum Gasteiger partial charge on any atom is 0.160 e.